The summed E-state index contributed by atoms with van der Waals surface area (Å²) in [5.41, 5.74) is 0.924. The highest BCUT2D eigenvalue weighted by Gasteiger charge is 2.21. The van der Waals surface area contributed by atoms with Crippen molar-refractivity contribution in [2.24, 2.45) is 5.92 Å². The minimum absolute atomic E-state index is 0.442. The van der Waals surface area contributed by atoms with Gasteiger partial charge in [-0.2, -0.15) is 0 Å². The Morgan fingerprint density at radius 2 is 2.06 bits per heavy atom. The molecule has 0 heterocycles. The van der Waals surface area contributed by atoms with Crippen LogP contribution >= 0.6 is 0 Å². The molecule has 1 aromatic rings. The molecule has 1 aliphatic carbocycles. The summed E-state index contributed by atoms with van der Waals surface area (Å²) in [7, 11) is 1.83. The Morgan fingerprint density at radius 1 is 1.38 bits per heavy atom. The second-order valence-electron chi connectivity index (χ2n) is 4.40. The van der Waals surface area contributed by atoms with Gasteiger partial charge in [0.25, 0.3) is 0 Å². The lowest BCUT2D eigenvalue weighted by Gasteiger charge is -2.11. The summed E-state index contributed by atoms with van der Waals surface area (Å²) in [6.07, 6.45) is 2.17. The third-order valence-corrected chi connectivity index (χ3v) is 2.84. The maximum atomic E-state index is 9.74. The van der Waals surface area contributed by atoms with E-state index in [1.807, 2.05) is 31.3 Å². The molecule has 88 valence electrons. The lowest BCUT2D eigenvalue weighted by Crippen LogP contribution is -2.16. The summed E-state index contributed by atoms with van der Waals surface area (Å²) in [6.45, 7) is 1.40. The third-order valence-electron chi connectivity index (χ3n) is 2.84. The van der Waals surface area contributed by atoms with Gasteiger partial charge in [0, 0.05) is 6.54 Å². The van der Waals surface area contributed by atoms with E-state index in [2.05, 4.69) is 5.32 Å². The van der Waals surface area contributed by atoms with E-state index in [0.29, 0.717) is 6.54 Å². The maximum absolute atomic E-state index is 9.74. The van der Waals surface area contributed by atoms with Crippen molar-refractivity contribution < 1.29 is 9.84 Å². The van der Waals surface area contributed by atoms with Crippen LogP contribution < -0.4 is 10.1 Å². The highest BCUT2D eigenvalue weighted by molar-refractivity contribution is 5.28. The first-order valence-corrected chi connectivity index (χ1v) is 5.85. The van der Waals surface area contributed by atoms with E-state index >= 15 is 0 Å². The van der Waals surface area contributed by atoms with E-state index in [-0.39, 0.29) is 0 Å². The van der Waals surface area contributed by atoms with Crippen molar-refractivity contribution in [1.29, 1.82) is 0 Å². The van der Waals surface area contributed by atoms with Crippen molar-refractivity contribution in [1.82, 2.24) is 5.32 Å². The Bertz CT molecular complexity index is 319. The molecule has 1 atom stereocenters. The number of ether oxygens (including phenoxy) is 1. The Hall–Kier alpha value is -1.06. The van der Waals surface area contributed by atoms with Gasteiger partial charge in [-0.25, -0.2) is 0 Å². The van der Waals surface area contributed by atoms with Gasteiger partial charge < -0.3 is 15.2 Å². The molecule has 16 heavy (non-hydrogen) atoms. The summed E-state index contributed by atoms with van der Waals surface area (Å²) in [5.74, 6) is 1.67. The van der Waals surface area contributed by atoms with Crippen molar-refractivity contribution in [3.05, 3.63) is 29.8 Å². The van der Waals surface area contributed by atoms with Crippen LogP contribution in [0.4, 0.5) is 0 Å². The minimum atomic E-state index is -0.442. The summed E-state index contributed by atoms with van der Waals surface area (Å²) >= 11 is 0. The van der Waals surface area contributed by atoms with Gasteiger partial charge in [-0.1, -0.05) is 12.1 Å². The predicted molar refractivity (Wildman–Crippen MR) is 63.5 cm³/mol. The van der Waals surface area contributed by atoms with Gasteiger partial charge in [0.05, 0.1) is 12.7 Å². The molecule has 0 saturated heterocycles. The van der Waals surface area contributed by atoms with Crippen LogP contribution in [-0.2, 0) is 0 Å². The molecule has 0 bridgehead atoms. The van der Waals surface area contributed by atoms with Gasteiger partial charge in [0.1, 0.15) is 5.75 Å². The molecule has 2 N–H and O–H groups in total. The van der Waals surface area contributed by atoms with E-state index in [4.69, 9.17) is 4.74 Å². The molecule has 1 unspecified atom stereocenters. The quantitative estimate of drug-likeness (QED) is 0.768. The topological polar surface area (TPSA) is 41.5 Å². The van der Waals surface area contributed by atoms with Gasteiger partial charge in [-0.3, -0.25) is 0 Å². The zero-order valence-electron chi connectivity index (χ0n) is 9.65. The molecule has 1 saturated carbocycles. The van der Waals surface area contributed by atoms with Crippen molar-refractivity contribution >= 4 is 0 Å². The molecular weight excluding hydrogens is 202 g/mol. The second-order valence-corrected chi connectivity index (χ2v) is 4.40. The Balaban J connectivity index is 1.87. The number of benzene rings is 1. The highest BCUT2D eigenvalue weighted by atomic mass is 16.5. The first kappa shape index (κ1) is 11.4. The first-order chi connectivity index (χ1) is 7.79. The second kappa shape index (κ2) is 5.32. The maximum Gasteiger partial charge on any atom is 0.119 e. The summed E-state index contributed by atoms with van der Waals surface area (Å²) in [5, 5.41) is 12.7. The zero-order chi connectivity index (χ0) is 11.4. The fraction of sp³-hybridized carbons (Fsp3) is 0.538. The summed E-state index contributed by atoms with van der Waals surface area (Å²) < 4.78 is 5.63. The van der Waals surface area contributed by atoms with Crippen molar-refractivity contribution in [3.8, 4) is 5.75 Å². The van der Waals surface area contributed by atoms with Gasteiger partial charge >= 0.3 is 0 Å². The standard InChI is InChI=1S/C13H19NO2/c1-14-8-13(15)11-4-6-12(7-5-11)16-9-10-2-3-10/h4-7,10,13-15H,2-3,8-9H2,1H3. The number of aliphatic hydroxyl groups excluding tert-OH is 1. The number of hydrogen-bond donors (Lipinski definition) is 2. The number of rotatable bonds is 6. The lowest BCUT2D eigenvalue weighted by atomic mass is 10.1. The molecule has 0 aromatic heterocycles. The zero-order valence-corrected chi connectivity index (χ0v) is 9.65. The summed E-state index contributed by atoms with van der Waals surface area (Å²) in [6, 6.07) is 7.70. The molecule has 1 aliphatic rings. The monoisotopic (exact) mass is 221 g/mol. The summed E-state index contributed by atoms with van der Waals surface area (Å²) in [4.78, 5) is 0. The SMILES string of the molecule is CNCC(O)c1ccc(OCC2CC2)cc1. The van der Waals surface area contributed by atoms with Crippen LogP contribution in [0.15, 0.2) is 24.3 Å². The first-order valence-electron chi connectivity index (χ1n) is 5.85. The van der Waals surface area contributed by atoms with Gasteiger partial charge in [0.2, 0.25) is 0 Å². The van der Waals surface area contributed by atoms with Gasteiger partial charge in [0.15, 0.2) is 0 Å². The predicted octanol–water partition coefficient (Wildman–Crippen LogP) is 1.73. The average Bonchev–Trinajstić information content (AvgIpc) is 3.11. The molecule has 2 rings (SSSR count). The number of likely N-dealkylation sites (N-methyl/N-ethyl adjacent to an activating group) is 1. The Kier molecular flexibility index (Phi) is 3.80. The molecule has 0 spiro atoms. The van der Waals surface area contributed by atoms with E-state index in [9.17, 15) is 5.11 Å². The van der Waals surface area contributed by atoms with Crippen LogP contribution in [0.1, 0.15) is 24.5 Å². The average molecular weight is 221 g/mol. The van der Waals surface area contributed by atoms with Crippen LogP contribution in [0.25, 0.3) is 0 Å². The molecule has 3 nitrogen and oxygen atoms in total. The van der Waals surface area contributed by atoms with E-state index in [0.717, 1.165) is 23.8 Å². The van der Waals surface area contributed by atoms with Gasteiger partial charge in [-0.05, 0) is 43.5 Å². The fourth-order valence-corrected chi connectivity index (χ4v) is 1.60. The van der Waals surface area contributed by atoms with Crippen molar-refractivity contribution in [3.63, 3.8) is 0 Å². The fourth-order valence-electron chi connectivity index (χ4n) is 1.60. The Morgan fingerprint density at radius 3 is 2.62 bits per heavy atom. The molecule has 3 heteroatoms. The van der Waals surface area contributed by atoms with Crippen LogP contribution in [0.3, 0.4) is 0 Å². The number of aliphatic hydroxyl groups is 1. The molecule has 0 aliphatic heterocycles. The van der Waals surface area contributed by atoms with Gasteiger partial charge in [-0.15, -0.1) is 0 Å². The lowest BCUT2D eigenvalue weighted by molar-refractivity contribution is 0.177. The van der Waals surface area contributed by atoms with Crippen LogP contribution in [0.2, 0.25) is 0 Å². The molecule has 1 fully saturated rings. The molecule has 1 aromatic carbocycles. The largest absolute Gasteiger partial charge is 0.493 e. The molecule has 0 amide bonds. The van der Waals surface area contributed by atoms with Crippen molar-refractivity contribution in [2.45, 2.75) is 18.9 Å². The molecule has 0 radical (unpaired) electrons. The number of nitrogens with one attached hydrogen (secondary N) is 1. The highest BCUT2D eigenvalue weighted by Crippen LogP contribution is 2.29. The Labute approximate surface area is 96.4 Å². The van der Waals surface area contributed by atoms with E-state index < -0.39 is 6.10 Å². The molecular formula is C13H19NO2. The number of hydrogen-bond acceptors (Lipinski definition) is 3. The van der Waals surface area contributed by atoms with Crippen molar-refractivity contribution in [2.75, 3.05) is 20.2 Å². The minimum Gasteiger partial charge on any atom is -0.493 e. The van der Waals surface area contributed by atoms with Crippen LogP contribution in [0.5, 0.6) is 5.75 Å². The smallest absolute Gasteiger partial charge is 0.119 e. The van der Waals surface area contributed by atoms with E-state index in [1.54, 1.807) is 0 Å². The third kappa shape index (κ3) is 3.22. The normalized spacial score (nSPS) is 17.1. The van der Waals surface area contributed by atoms with Crippen LogP contribution in [-0.4, -0.2) is 25.3 Å². The van der Waals surface area contributed by atoms with Crippen LogP contribution in [0, 0.1) is 5.92 Å². The van der Waals surface area contributed by atoms with E-state index in [1.165, 1.54) is 12.8 Å².